The minimum Gasteiger partial charge on any atom is -0.465 e. The summed E-state index contributed by atoms with van der Waals surface area (Å²) in [5.74, 6) is -0.715. The van der Waals surface area contributed by atoms with Gasteiger partial charge in [0.2, 0.25) is 5.91 Å². The summed E-state index contributed by atoms with van der Waals surface area (Å²) in [5.41, 5.74) is 3.96. The SMILES string of the molecule is COC(=O)c1cc(CC(=O)Nc2ccc(C(=O)N(C)C)c(C)c2)ccc1C. The zero-order valence-electron chi connectivity index (χ0n) is 16.3. The van der Waals surface area contributed by atoms with E-state index in [0.29, 0.717) is 16.8 Å². The van der Waals surface area contributed by atoms with E-state index in [1.807, 2.05) is 19.9 Å². The van der Waals surface area contributed by atoms with Crippen LogP contribution in [0.25, 0.3) is 0 Å². The van der Waals surface area contributed by atoms with E-state index in [0.717, 1.165) is 16.7 Å². The highest BCUT2D eigenvalue weighted by Crippen LogP contribution is 2.18. The maximum Gasteiger partial charge on any atom is 0.338 e. The van der Waals surface area contributed by atoms with Crippen LogP contribution >= 0.6 is 0 Å². The second-order valence-corrected chi connectivity index (χ2v) is 6.60. The number of nitrogens with one attached hydrogen (secondary N) is 1. The number of esters is 1. The molecule has 0 atom stereocenters. The molecule has 0 aromatic heterocycles. The molecule has 0 saturated carbocycles. The molecule has 0 bridgehead atoms. The number of nitrogens with zero attached hydrogens (tertiary/aromatic N) is 1. The molecule has 142 valence electrons. The minimum atomic E-state index is -0.425. The van der Waals surface area contributed by atoms with Crippen LogP contribution in [0.4, 0.5) is 5.69 Å². The molecule has 0 radical (unpaired) electrons. The fourth-order valence-corrected chi connectivity index (χ4v) is 2.72. The van der Waals surface area contributed by atoms with Gasteiger partial charge in [-0.2, -0.15) is 0 Å². The van der Waals surface area contributed by atoms with Crippen molar-refractivity contribution in [1.29, 1.82) is 0 Å². The molecular formula is C21H24N2O4. The van der Waals surface area contributed by atoms with E-state index in [1.165, 1.54) is 12.0 Å². The summed E-state index contributed by atoms with van der Waals surface area (Å²) in [6, 6.07) is 10.5. The van der Waals surface area contributed by atoms with Crippen LogP contribution in [0.5, 0.6) is 0 Å². The molecule has 0 aliphatic carbocycles. The van der Waals surface area contributed by atoms with Crippen molar-refractivity contribution in [2.75, 3.05) is 26.5 Å². The largest absolute Gasteiger partial charge is 0.465 e. The number of rotatable bonds is 5. The van der Waals surface area contributed by atoms with Gasteiger partial charge in [-0.3, -0.25) is 9.59 Å². The first kappa shape index (κ1) is 20.2. The smallest absolute Gasteiger partial charge is 0.338 e. The van der Waals surface area contributed by atoms with E-state index >= 15 is 0 Å². The normalized spacial score (nSPS) is 10.3. The van der Waals surface area contributed by atoms with E-state index in [2.05, 4.69) is 5.32 Å². The van der Waals surface area contributed by atoms with Crippen LogP contribution in [0.2, 0.25) is 0 Å². The Morgan fingerprint density at radius 1 is 0.963 bits per heavy atom. The van der Waals surface area contributed by atoms with Crippen molar-refractivity contribution in [3.63, 3.8) is 0 Å². The van der Waals surface area contributed by atoms with Gasteiger partial charge < -0.3 is 15.0 Å². The van der Waals surface area contributed by atoms with Crippen LogP contribution in [0, 0.1) is 13.8 Å². The molecule has 2 aromatic carbocycles. The Labute approximate surface area is 159 Å². The molecule has 2 rings (SSSR count). The predicted octanol–water partition coefficient (Wildman–Crippen LogP) is 2.97. The van der Waals surface area contributed by atoms with Gasteiger partial charge in [0.05, 0.1) is 19.1 Å². The van der Waals surface area contributed by atoms with E-state index in [1.54, 1.807) is 44.4 Å². The Bertz CT molecular complexity index is 888. The Morgan fingerprint density at radius 3 is 2.26 bits per heavy atom. The van der Waals surface area contributed by atoms with Gasteiger partial charge in [0.25, 0.3) is 5.91 Å². The summed E-state index contributed by atoms with van der Waals surface area (Å²) in [7, 11) is 4.72. The van der Waals surface area contributed by atoms with Crippen LogP contribution in [0.3, 0.4) is 0 Å². The van der Waals surface area contributed by atoms with E-state index in [4.69, 9.17) is 4.74 Å². The number of carbonyl (C=O) groups is 3. The number of methoxy groups -OCH3 is 1. The molecule has 2 amide bonds. The number of benzene rings is 2. The van der Waals surface area contributed by atoms with Gasteiger partial charge in [-0.05, 0) is 54.8 Å². The average Bonchev–Trinajstić information content (AvgIpc) is 2.62. The van der Waals surface area contributed by atoms with E-state index in [9.17, 15) is 14.4 Å². The Morgan fingerprint density at radius 2 is 1.67 bits per heavy atom. The molecule has 1 N–H and O–H groups in total. The fraction of sp³-hybridized carbons (Fsp3) is 0.286. The van der Waals surface area contributed by atoms with Crippen molar-refractivity contribution in [2.45, 2.75) is 20.3 Å². The predicted molar refractivity (Wildman–Crippen MR) is 104 cm³/mol. The lowest BCUT2D eigenvalue weighted by molar-refractivity contribution is -0.115. The van der Waals surface area contributed by atoms with Gasteiger partial charge in [0.1, 0.15) is 0 Å². The molecule has 0 saturated heterocycles. The lowest BCUT2D eigenvalue weighted by atomic mass is 10.0. The zero-order chi connectivity index (χ0) is 20.1. The number of ether oxygens (including phenoxy) is 1. The summed E-state index contributed by atoms with van der Waals surface area (Å²) >= 11 is 0. The van der Waals surface area contributed by atoms with E-state index < -0.39 is 5.97 Å². The van der Waals surface area contributed by atoms with Gasteiger partial charge in [-0.15, -0.1) is 0 Å². The summed E-state index contributed by atoms with van der Waals surface area (Å²) in [6.45, 7) is 3.64. The van der Waals surface area contributed by atoms with Crippen molar-refractivity contribution in [3.05, 3.63) is 64.2 Å². The zero-order valence-corrected chi connectivity index (χ0v) is 16.3. The molecule has 27 heavy (non-hydrogen) atoms. The average molecular weight is 368 g/mol. The fourth-order valence-electron chi connectivity index (χ4n) is 2.72. The van der Waals surface area contributed by atoms with Gasteiger partial charge >= 0.3 is 5.97 Å². The quantitative estimate of drug-likeness (QED) is 0.823. The number of amides is 2. The van der Waals surface area contributed by atoms with Gasteiger partial charge in [0, 0.05) is 25.3 Å². The third-order valence-electron chi connectivity index (χ3n) is 4.22. The molecule has 6 heteroatoms. The standard InChI is InChI=1S/C21H24N2O4/c1-13-6-7-15(11-18(13)21(26)27-5)12-19(24)22-16-8-9-17(14(2)10-16)20(25)23(3)4/h6-11H,12H2,1-5H3,(H,22,24). The molecule has 2 aromatic rings. The molecule has 0 heterocycles. The second-order valence-electron chi connectivity index (χ2n) is 6.60. The van der Waals surface area contributed by atoms with Crippen LogP contribution < -0.4 is 5.32 Å². The first-order valence-electron chi connectivity index (χ1n) is 8.53. The van der Waals surface area contributed by atoms with Crippen LogP contribution in [0.1, 0.15) is 37.4 Å². The topological polar surface area (TPSA) is 75.7 Å². The summed E-state index contributed by atoms with van der Waals surface area (Å²) < 4.78 is 4.76. The number of hydrogen-bond donors (Lipinski definition) is 1. The number of carbonyl (C=O) groups excluding carboxylic acids is 3. The maximum atomic E-state index is 12.4. The third kappa shape index (κ3) is 4.94. The molecule has 0 fully saturated rings. The maximum absolute atomic E-state index is 12.4. The van der Waals surface area contributed by atoms with Crippen LogP contribution in [-0.2, 0) is 16.0 Å². The number of aryl methyl sites for hydroxylation is 2. The van der Waals surface area contributed by atoms with Gasteiger partial charge in [-0.25, -0.2) is 4.79 Å². The molecule has 6 nitrogen and oxygen atoms in total. The second kappa shape index (κ2) is 8.49. The highest BCUT2D eigenvalue weighted by molar-refractivity contribution is 5.97. The lowest BCUT2D eigenvalue weighted by Gasteiger charge is -2.14. The van der Waals surface area contributed by atoms with Crippen molar-refractivity contribution in [1.82, 2.24) is 4.90 Å². The molecule has 0 spiro atoms. The Kier molecular flexibility index (Phi) is 6.34. The number of hydrogen-bond acceptors (Lipinski definition) is 4. The summed E-state index contributed by atoms with van der Waals surface area (Å²) in [6.07, 6.45) is 0.127. The lowest BCUT2D eigenvalue weighted by Crippen LogP contribution is -2.22. The van der Waals surface area contributed by atoms with Crippen molar-refractivity contribution < 1.29 is 19.1 Å². The molecular weight excluding hydrogens is 344 g/mol. The van der Waals surface area contributed by atoms with Crippen LogP contribution in [-0.4, -0.2) is 43.9 Å². The monoisotopic (exact) mass is 368 g/mol. The summed E-state index contributed by atoms with van der Waals surface area (Å²) in [4.78, 5) is 37.7. The van der Waals surface area contributed by atoms with Gasteiger partial charge in [0.15, 0.2) is 0 Å². The first-order valence-corrected chi connectivity index (χ1v) is 8.53. The van der Waals surface area contributed by atoms with Crippen LogP contribution in [0.15, 0.2) is 36.4 Å². The number of anilines is 1. The highest BCUT2D eigenvalue weighted by Gasteiger charge is 2.14. The van der Waals surface area contributed by atoms with E-state index in [-0.39, 0.29) is 18.2 Å². The third-order valence-corrected chi connectivity index (χ3v) is 4.22. The van der Waals surface area contributed by atoms with Crippen molar-refractivity contribution in [3.8, 4) is 0 Å². The van der Waals surface area contributed by atoms with Crippen molar-refractivity contribution in [2.24, 2.45) is 0 Å². The van der Waals surface area contributed by atoms with Gasteiger partial charge in [-0.1, -0.05) is 12.1 Å². The minimum absolute atomic E-state index is 0.0830. The molecule has 0 unspecified atom stereocenters. The molecule has 0 aliphatic heterocycles. The highest BCUT2D eigenvalue weighted by atomic mass is 16.5. The Hall–Kier alpha value is -3.15. The first-order chi connectivity index (χ1) is 12.7. The van der Waals surface area contributed by atoms with Crippen molar-refractivity contribution >= 4 is 23.5 Å². The Balaban J connectivity index is 2.11. The molecule has 0 aliphatic rings. The summed E-state index contributed by atoms with van der Waals surface area (Å²) in [5, 5.41) is 2.82.